The fourth-order valence-corrected chi connectivity index (χ4v) is 3.28. The fourth-order valence-electron chi connectivity index (χ4n) is 3.15. The maximum atomic E-state index is 5.95. The zero-order valence-corrected chi connectivity index (χ0v) is 12.3. The molecule has 3 heteroatoms. The average molecular weight is 295 g/mol. The Hall–Kier alpha value is -1.98. The number of fused-ring (bicyclic) bond motifs is 1. The van der Waals surface area contributed by atoms with Crippen LogP contribution < -0.4 is 4.90 Å². The maximum Gasteiger partial charge on any atom is 0.113 e. The number of aromatic nitrogens is 1. The van der Waals surface area contributed by atoms with Gasteiger partial charge < -0.3 is 4.90 Å². The summed E-state index contributed by atoms with van der Waals surface area (Å²) in [4.78, 5) is 6.69. The molecule has 0 radical (unpaired) electrons. The molecule has 2 heterocycles. The van der Waals surface area contributed by atoms with Gasteiger partial charge >= 0.3 is 0 Å². The van der Waals surface area contributed by atoms with Crippen LogP contribution in [0.2, 0.25) is 5.02 Å². The number of benzene rings is 1. The Bertz CT molecular complexity index is 714. The first-order valence-electron chi connectivity index (χ1n) is 7.20. The van der Waals surface area contributed by atoms with Crippen LogP contribution >= 0.6 is 11.6 Å². The van der Waals surface area contributed by atoms with Crippen LogP contribution in [0.1, 0.15) is 12.1 Å². The molecule has 0 amide bonds. The minimum absolute atomic E-state index is 0.178. The lowest BCUT2D eigenvalue weighted by Crippen LogP contribution is -2.23. The topological polar surface area (TPSA) is 16.1 Å². The predicted octanol–water partition coefficient (Wildman–Crippen LogP) is 3.61. The smallest absolute Gasteiger partial charge is 0.113 e. The van der Waals surface area contributed by atoms with Crippen LogP contribution in [0.3, 0.4) is 0 Å². The minimum atomic E-state index is 0.178. The normalized spacial score (nSPS) is 26.0. The van der Waals surface area contributed by atoms with Crippen LogP contribution in [0.5, 0.6) is 0 Å². The van der Waals surface area contributed by atoms with Crippen LogP contribution in [0, 0.1) is 23.2 Å². The summed E-state index contributed by atoms with van der Waals surface area (Å²) in [6.07, 6.45) is 3.01. The van der Waals surface area contributed by atoms with Gasteiger partial charge in [-0.15, -0.1) is 0 Å². The zero-order valence-electron chi connectivity index (χ0n) is 11.6. The van der Waals surface area contributed by atoms with E-state index in [4.69, 9.17) is 11.6 Å². The summed E-state index contributed by atoms with van der Waals surface area (Å²) in [5.74, 6) is 7.42. The third kappa shape index (κ3) is 2.39. The van der Waals surface area contributed by atoms with Crippen molar-refractivity contribution in [1.82, 2.24) is 4.98 Å². The van der Waals surface area contributed by atoms with Gasteiger partial charge in [0.05, 0.1) is 5.41 Å². The van der Waals surface area contributed by atoms with Gasteiger partial charge in [0, 0.05) is 30.0 Å². The Morgan fingerprint density at radius 3 is 2.81 bits per heavy atom. The van der Waals surface area contributed by atoms with E-state index >= 15 is 0 Å². The van der Waals surface area contributed by atoms with E-state index in [0.717, 1.165) is 23.8 Å². The molecule has 1 saturated heterocycles. The molecular weight excluding hydrogens is 280 g/mol. The second kappa shape index (κ2) is 4.79. The van der Waals surface area contributed by atoms with E-state index in [9.17, 15) is 0 Å². The molecule has 1 aliphatic carbocycles. The van der Waals surface area contributed by atoms with Crippen LogP contribution in [-0.2, 0) is 0 Å². The molecule has 0 bridgehead atoms. The van der Waals surface area contributed by atoms with Gasteiger partial charge in [0.1, 0.15) is 5.69 Å². The molecule has 4 rings (SSSR count). The van der Waals surface area contributed by atoms with E-state index in [1.54, 1.807) is 6.20 Å². The van der Waals surface area contributed by atoms with Crippen molar-refractivity contribution >= 4 is 17.3 Å². The SMILES string of the molecule is Clc1ccc(N2CC3CC3(C#Cc3ccccn3)C2)cc1. The van der Waals surface area contributed by atoms with E-state index in [1.165, 1.54) is 12.1 Å². The zero-order chi connectivity index (χ0) is 14.3. The highest BCUT2D eigenvalue weighted by Crippen LogP contribution is 2.58. The molecule has 21 heavy (non-hydrogen) atoms. The molecule has 2 unspecified atom stereocenters. The Balaban J connectivity index is 1.52. The van der Waals surface area contributed by atoms with Crippen LogP contribution in [0.4, 0.5) is 5.69 Å². The van der Waals surface area contributed by atoms with Gasteiger partial charge in [-0.3, -0.25) is 0 Å². The molecular formula is C18H15ClN2. The average Bonchev–Trinajstić information content (AvgIpc) is 3.08. The van der Waals surface area contributed by atoms with Crippen molar-refractivity contribution in [3.63, 3.8) is 0 Å². The fraction of sp³-hybridized carbons (Fsp3) is 0.278. The number of pyridine rings is 1. The number of hydrogen-bond donors (Lipinski definition) is 0. The minimum Gasteiger partial charge on any atom is -0.370 e. The second-order valence-electron chi connectivity index (χ2n) is 5.88. The van der Waals surface area contributed by atoms with Gasteiger partial charge in [0.25, 0.3) is 0 Å². The van der Waals surface area contributed by atoms with Crippen LogP contribution in [0.25, 0.3) is 0 Å². The Morgan fingerprint density at radius 2 is 2.05 bits per heavy atom. The third-order valence-corrected chi connectivity index (χ3v) is 4.69. The summed E-state index contributed by atoms with van der Waals surface area (Å²) in [5.41, 5.74) is 2.28. The molecule has 2 fully saturated rings. The van der Waals surface area contributed by atoms with E-state index in [2.05, 4.69) is 33.9 Å². The number of nitrogens with zero attached hydrogens (tertiary/aromatic N) is 2. The molecule has 2 aromatic rings. The lowest BCUT2D eigenvalue weighted by atomic mass is 10.1. The monoisotopic (exact) mass is 294 g/mol. The number of hydrogen-bond acceptors (Lipinski definition) is 2. The van der Waals surface area contributed by atoms with Crippen molar-refractivity contribution in [2.75, 3.05) is 18.0 Å². The molecule has 2 aliphatic rings. The summed E-state index contributed by atoms with van der Waals surface area (Å²) in [5, 5.41) is 0.785. The molecule has 1 aromatic heterocycles. The Morgan fingerprint density at radius 1 is 1.19 bits per heavy atom. The standard InChI is InChI=1S/C18H15ClN2/c19-15-4-6-17(7-5-15)21-12-14-11-18(14,13-21)9-8-16-3-1-2-10-20-16/h1-7,10,14H,11-13H2. The van der Waals surface area contributed by atoms with Gasteiger partial charge in [0.15, 0.2) is 0 Å². The van der Waals surface area contributed by atoms with E-state index < -0.39 is 0 Å². The van der Waals surface area contributed by atoms with Crippen LogP contribution in [-0.4, -0.2) is 18.1 Å². The Labute approximate surface area is 129 Å². The van der Waals surface area contributed by atoms with E-state index in [-0.39, 0.29) is 5.41 Å². The first kappa shape index (κ1) is 12.7. The number of anilines is 1. The molecule has 2 atom stereocenters. The van der Waals surface area contributed by atoms with Crippen molar-refractivity contribution in [1.29, 1.82) is 0 Å². The largest absolute Gasteiger partial charge is 0.370 e. The summed E-state index contributed by atoms with van der Waals surface area (Å²) in [7, 11) is 0. The Kier molecular flexibility index (Phi) is 2.90. The first-order valence-corrected chi connectivity index (χ1v) is 7.58. The molecule has 1 saturated carbocycles. The molecule has 0 spiro atoms. The van der Waals surface area contributed by atoms with Gasteiger partial charge in [-0.1, -0.05) is 23.6 Å². The maximum absolute atomic E-state index is 5.95. The highest BCUT2D eigenvalue weighted by molar-refractivity contribution is 6.30. The van der Waals surface area contributed by atoms with Crippen LogP contribution in [0.15, 0.2) is 48.7 Å². The summed E-state index contributed by atoms with van der Waals surface area (Å²) < 4.78 is 0. The van der Waals surface area contributed by atoms with Crippen molar-refractivity contribution in [3.05, 3.63) is 59.4 Å². The molecule has 1 aliphatic heterocycles. The summed E-state index contributed by atoms with van der Waals surface area (Å²) >= 11 is 5.95. The number of halogens is 1. The van der Waals surface area contributed by atoms with Gasteiger partial charge in [-0.2, -0.15) is 0 Å². The highest BCUT2D eigenvalue weighted by atomic mass is 35.5. The van der Waals surface area contributed by atoms with Gasteiger partial charge in [-0.25, -0.2) is 4.98 Å². The van der Waals surface area contributed by atoms with Crippen molar-refractivity contribution in [2.24, 2.45) is 11.3 Å². The third-order valence-electron chi connectivity index (χ3n) is 4.44. The van der Waals surface area contributed by atoms with Crippen molar-refractivity contribution in [3.8, 4) is 11.8 Å². The van der Waals surface area contributed by atoms with Gasteiger partial charge in [0.2, 0.25) is 0 Å². The van der Waals surface area contributed by atoms with Gasteiger partial charge in [-0.05, 0) is 54.7 Å². The summed E-state index contributed by atoms with van der Waals surface area (Å²) in [6, 6.07) is 13.9. The van der Waals surface area contributed by atoms with E-state index in [1.807, 2.05) is 30.3 Å². The molecule has 1 aromatic carbocycles. The lowest BCUT2D eigenvalue weighted by Gasteiger charge is -2.21. The predicted molar refractivity (Wildman–Crippen MR) is 85.3 cm³/mol. The highest BCUT2D eigenvalue weighted by Gasteiger charge is 2.59. The lowest BCUT2D eigenvalue weighted by molar-refractivity contribution is 0.706. The molecule has 2 nitrogen and oxygen atoms in total. The van der Waals surface area contributed by atoms with Crippen molar-refractivity contribution in [2.45, 2.75) is 6.42 Å². The number of rotatable bonds is 1. The second-order valence-corrected chi connectivity index (χ2v) is 6.32. The first-order chi connectivity index (χ1) is 10.3. The van der Waals surface area contributed by atoms with E-state index in [0.29, 0.717) is 5.92 Å². The summed E-state index contributed by atoms with van der Waals surface area (Å²) in [6.45, 7) is 2.11. The molecule has 0 N–H and O–H groups in total. The quantitative estimate of drug-likeness (QED) is 0.747. The molecule has 104 valence electrons. The van der Waals surface area contributed by atoms with Crippen molar-refractivity contribution < 1.29 is 0 Å². The number of piperidine rings is 1.